The van der Waals surface area contributed by atoms with Gasteiger partial charge in [-0.2, -0.15) is 0 Å². The monoisotopic (exact) mass is 252 g/mol. The van der Waals surface area contributed by atoms with E-state index in [9.17, 15) is 4.79 Å². The Balaban J connectivity index is 2.35. The van der Waals surface area contributed by atoms with Crippen LogP contribution in [0.4, 0.5) is 0 Å². The fourth-order valence-electron chi connectivity index (χ4n) is 2.40. The number of hydrogen-bond acceptors (Lipinski definition) is 2. The van der Waals surface area contributed by atoms with Crippen LogP contribution in [0.1, 0.15) is 46.5 Å². The normalized spacial score (nSPS) is 17.7. The highest BCUT2D eigenvalue weighted by atomic mass is 16.2. The van der Waals surface area contributed by atoms with Crippen molar-refractivity contribution in [2.45, 2.75) is 46.5 Å². The lowest BCUT2D eigenvalue weighted by atomic mass is 9.89. The van der Waals surface area contributed by atoms with E-state index in [2.05, 4.69) is 32.7 Å². The number of piperidine rings is 1. The highest BCUT2D eigenvalue weighted by Crippen LogP contribution is 2.25. The number of amides is 1. The molecule has 3 nitrogen and oxygen atoms in total. The van der Waals surface area contributed by atoms with E-state index < -0.39 is 0 Å². The molecule has 18 heavy (non-hydrogen) atoms. The van der Waals surface area contributed by atoms with E-state index >= 15 is 0 Å². The molecule has 104 valence electrons. The highest BCUT2D eigenvalue weighted by molar-refractivity contribution is 5.76. The second-order valence-corrected chi connectivity index (χ2v) is 6.62. The standard InChI is InChI=1S/C15H28N2O/c1-12(16-5)10-13-6-8-17(9-7-13)14(18)11-15(2,3)4/h13,16H,1,6-11H2,2-5H3. The van der Waals surface area contributed by atoms with Gasteiger partial charge in [0.1, 0.15) is 0 Å². The first-order chi connectivity index (χ1) is 8.31. The molecule has 1 saturated heterocycles. The molecule has 0 atom stereocenters. The molecule has 0 unspecified atom stereocenters. The number of hydrogen-bond donors (Lipinski definition) is 1. The average molecular weight is 252 g/mol. The van der Waals surface area contributed by atoms with Gasteiger partial charge >= 0.3 is 0 Å². The van der Waals surface area contributed by atoms with Gasteiger partial charge in [-0.3, -0.25) is 4.79 Å². The van der Waals surface area contributed by atoms with Crippen molar-refractivity contribution in [2.75, 3.05) is 20.1 Å². The molecule has 0 aromatic rings. The third-order valence-electron chi connectivity index (χ3n) is 3.54. The Kier molecular flexibility index (Phi) is 5.24. The van der Waals surface area contributed by atoms with Crippen LogP contribution in [-0.2, 0) is 4.79 Å². The van der Waals surface area contributed by atoms with E-state index in [1.54, 1.807) is 0 Å². The van der Waals surface area contributed by atoms with E-state index in [4.69, 9.17) is 0 Å². The van der Waals surface area contributed by atoms with Crippen molar-refractivity contribution in [3.63, 3.8) is 0 Å². The van der Waals surface area contributed by atoms with Crippen molar-refractivity contribution in [1.29, 1.82) is 0 Å². The first-order valence-corrected chi connectivity index (χ1v) is 6.95. The molecule has 3 heteroatoms. The van der Waals surface area contributed by atoms with Gasteiger partial charge in [0, 0.05) is 32.3 Å². The summed E-state index contributed by atoms with van der Waals surface area (Å²) in [7, 11) is 1.92. The molecule has 1 rings (SSSR count). The molecule has 1 N–H and O–H groups in total. The summed E-state index contributed by atoms with van der Waals surface area (Å²) in [5.41, 5.74) is 1.20. The molecule has 1 heterocycles. The Morgan fingerprint density at radius 1 is 1.33 bits per heavy atom. The number of carbonyl (C=O) groups excluding carboxylic acids is 1. The van der Waals surface area contributed by atoms with Gasteiger partial charge in [0.15, 0.2) is 0 Å². The Morgan fingerprint density at radius 3 is 2.33 bits per heavy atom. The molecule has 1 aliphatic heterocycles. The lowest BCUT2D eigenvalue weighted by Gasteiger charge is -2.34. The summed E-state index contributed by atoms with van der Waals surface area (Å²) in [5.74, 6) is 0.997. The molecule has 0 aliphatic carbocycles. The van der Waals surface area contributed by atoms with Crippen LogP contribution < -0.4 is 5.32 Å². The summed E-state index contributed by atoms with van der Waals surface area (Å²) in [6.07, 6.45) is 3.91. The molecule has 1 amide bonds. The van der Waals surface area contributed by atoms with Crippen molar-refractivity contribution in [3.05, 3.63) is 12.3 Å². The Hall–Kier alpha value is -0.990. The summed E-state index contributed by atoms with van der Waals surface area (Å²) in [6, 6.07) is 0. The van der Waals surface area contributed by atoms with Gasteiger partial charge in [0.2, 0.25) is 5.91 Å². The third-order valence-corrected chi connectivity index (χ3v) is 3.54. The SMILES string of the molecule is C=C(CC1CCN(C(=O)CC(C)(C)C)CC1)NC. The molecular weight excluding hydrogens is 224 g/mol. The van der Waals surface area contributed by atoms with Gasteiger partial charge in [-0.05, 0) is 30.6 Å². The van der Waals surface area contributed by atoms with Crippen LogP contribution in [0.2, 0.25) is 0 Å². The molecule has 0 saturated carbocycles. The zero-order chi connectivity index (χ0) is 13.8. The number of rotatable bonds is 4. The van der Waals surface area contributed by atoms with Gasteiger partial charge in [0.25, 0.3) is 0 Å². The van der Waals surface area contributed by atoms with E-state index in [0.29, 0.717) is 18.2 Å². The topological polar surface area (TPSA) is 32.3 Å². The Morgan fingerprint density at radius 2 is 1.89 bits per heavy atom. The predicted molar refractivity (Wildman–Crippen MR) is 76.2 cm³/mol. The zero-order valence-corrected chi connectivity index (χ0v) is 12.4. The quantitative estimate of drug-likeness (QED) is 0.834. The van der Waals surface area contributed by atoms with E-state index in [1.165, 1.54) is 0 Å². The number of carbonyl (C=O) groups is 1. The van der Waals surface area contributed by atoms with Crippen LogP contribution in [0, 0.1) is 11.3 Å². The number of nitrogens with zero attached hydrogens (tertiary/aromatic N) is 1. The maximum absolute atomic E-state index is 12.1. The largest absolute Gasteiger partial charge is 0.392 e. The number of allylic oxidation sites excluding steroid dienone is 1. The lowest BCUT2D eigenvalue weighted by molar-refractivity contribution is -0.134. The fourth-order valence-corrected chi connectivity index (χ4v) is 2.40. The van der Waals surface area contributed by atoms with Crippen LogP contribution >= 0.6 is 0 Å². The Labute approximate surface area is 112 Å². The molecule has 0 spiro atoms. The maximum atomic E-state index is 12.1. The van der Waals surface area contributed by atoms with E-state index in [1.807, 2.05) is 11.9 Å². The molecular formula is C15H28N2O. The average Bonchev–Trinajstić information content (AvgIpc) is 2.27. The van der Waals surface area contributed by atoms with Crippen molar-refractivity contribution < 1.29 is 4.79 Å². The second-order valence-electron chi connectivity index (χ2n) is 6.62. The zero-order valence-electron chi connectivity index (χ0n) is 12.4. The van der Waals surface area contributed by atoms with Crippen LogP contribution in [-0.4, -0.2) is 30.9 Å². The predicted octanol–water partition coefficient (Wildman–Crippen LogP) is 2.78. The minimum Gasteiger partial charge on any atom is -0.392 e. The first-order valence-electron chi connectivity index (χ1n) is 6.95. The smallest absolute Gasteiger partial charge is 0.223 e. The minimum absolute atomic E-state index is 0.0916. The molecule has 1 fully saturated rings. The van der Waals surface area contributed by atoms with Crippen molar-refractivity contribution in [1.82, 2.24) is 10.2 Å². The molecule has 0 bridgehead atoms. The Bertz CT molecular complexity index is 296. The molecule has 1 aliphatic rings. The molecule has 0 aromatic carbocycles. The summed E-state index contributed by atoms with van der Waals surface area (Å²) < 4.78 is 0. The third kappa shape index (κ3) is 5.11. The second kappa shape index (κ2) is 6.26. The number of nitrogens with one attached hydrogen (secondary N) is 1. The van der Waals surface area contributed by atoms with Crippen LogP contribution in [0.15, 0.2) is 12.3 Å². The fraction of sp³-hybridized carbons (Fsp3) is 0.800. The summed E-state index contributed by atoms with van der Waals surface area (Å²) in [5, 5.41) is 3.10. The summed E-state index contributed by atoms with van der Waals surface area (Å²) >= 11 is 0. The first kappa shape index (κ1) is 15.1. The van der Waals surface area contributed by atoms with Crippen molar-refractivity contribution >= 4 is 5.91 Å². The van der Waals surface area contributed by atoms with Crippen molar-refractivity contribution in [2.24, 2.45) is 11.3 Å². The van der Waals surface area contributed by atoms with Crippen LogP contribution in [0.5, 0.6) is 0 Å². The van der Waals surface area contributed by atoms with Crippen LogP contribution in [0.25, 0.3) is 0 Å². The maximum Gasteiger partial charge on any atom is 0.223 e. The van der Waals surface area contributed by atoms with Gasteiger partial charge in [-0.1, -0.05) is 27.4 Å². The molecule has 0 radical (unpaired) electrons. The van der Waals surface area contributed by atoms with Gasteiger partial charge < -0.3 is 10.2 Å². The summed E-state index contributed by atoms with van der Waals surface area (Å²) in [4.78, 5) is 14.1. The molecule has 0 aromatic heterocycles. The van der Waals surface area contributed by atoms with Gasteiger partial charge in [0.05, 0.1) is 0 Å². The minimum atomic E-state index is 0.0916. The van der Waals surface area contributed by atoms with E-state index in [-0.39, 0.29) is 5.41 Å². The van der Waals surface area contributed by atoms with E-state index in [0.717, 1.165) is 38.0 Å². The summed E-state index contributed by atoms with van der Waals surface area (Å²) in [6.45, 7) is 12.2. The lowest BCUT2D eigenvalue weighted by Crippen LogP contribution is -2.40. The van der Waals surface area contributed by atoms with Crippen molar-refractivity contribution in [3.8, 4) is 0 Å². The van der Waals surface area contributed by atoms with Crippen LogP contribution in [0.3, 0.4) is 0 Å². The van der Waals surface area contributed by atoms with Gasteiger partial charge in [-0.15, -0.1) is 0 Å². The number of likely N-dealkylation sites (tertiary alicyclic amines) is 1. The van der Waals surface area contributed by atoms with Gasteiger partial charge in [-0.25, -0.2) is 0 Å². The highest BCUT2D eigenvalue weighted by Gasteiger charge is 2.25.